The van der Waals surface area contributed by atoms with Gasteiger partial charge in [-0.05, 0) is 19.7 Å². The molecular formula is C10H15N. The summed E-state index contributed by atoms with van der Waals surface area (Å²) in [5.41, 5.74) is 1.17. The molecule has 0 amide bonds. The Morgan fingerprint density at radius 2 is 1.64 bits per heavy atom. The van der Waals surface area contributed by atoms with E-state index in [0.29, 0.717) is 0 Å². The molecule has 1 aromatic carbocycles. The summed E-state index contributed by atoms with van der Waals surface area (Å²) < 4.78 is 0. The van der Waals surface area contributed by atoms with Crippen molar-refractivity contribution in [2.45, 2.75) is 0 Å². The number of nitrogens with one attached hydrogen (secondary N) is 1. The van der Waals surface area contributed by atoms with Crippen LogP contribution in [0.5, 0.6) is 0 Å². The number of hydrogen-bond donors (Lipinski definition) is 1. The highest BCUT2D eigenvalue weighted by Crippen LogP contribution is 1.97. The van der Waals surface area contributed by atoms with Crippen LogP contribution >= 0.6 is 0 Å². The zero-order valence-corrected chi connectivity index (χ0v) is 7.17. The second-order valence-corrected chi connectivity index (χ2v) is 2.11. The normalized spacial score (nSPS) is 7.82. The first kappa shape index (κ1) is 9.92. The molecule has 0 aliphatic carbocycles. The lowest BCUT2D eigenvalue weighted by molar-refractivity contribution is 1.02. The third-order valence-electron chi connectivity index (χ3n) is 1.04. The van der Waals surface area contributed by atoms with Crippen LogP contribution in [0.4, 0.5) is 0 Å². The molecule has 1 rings (SSSR count). The molecule has 1 heteroatoms. The molecule has 1 N–H and O–H groups in total. The van der Waals surface area contributed by atoms with Gasteiger partial charge in [-0.3, -0.25) is 0 Å². The van der Waals surface area contributed by atoms with Crippen molar-refractivity contribution in [3.8, 4) is 0 Å². The minimum absolute atomic E-state index is 1.17. The predicted molar refractivity (Wildman–Crippen MR) is 51.5 cm³/mol. The summed E-state index contributed by atoms with van der Waals surface area (Å²) in [6, 6.07) is 10.0. The smallest absolute Gasteiger partial charge is 0.0167 e. The molecule has 0 heterocycles. The third-order valence-corrected chi connectivity index (χ3v) is 1.04. The van der Waals surface area contributed by atoms with Crippen LogP contribution in [0.15, 0.2) is 36.9 Å². The van der Waals surface area contributed by atoms with E-state index in [1.165, 1.54) is 5.56 Å². The summed E-state index contributed by atoms with van der Waals surface area (Å²) in [6.07, 6.45) is 1.83. The Hall–Kier alpha value is -1.08. The van der Waals surface area contributed by atoms with E-state index in [4.69, 9.17) is 0 Å². The van der Waals surface area contributed by atoms with Crippen LogP contribution in [-0.2, 0) is 0 Å². The van der Waals surface area contributed by atoms with Crippen LogP contribution in [0.2, 0.25) is 0 Å². The topological polar surface area (TPSA) is 12.0 Å². The molecule has 0 aromatic heterocycles. The average Bonchev–Trinajstić information content (AvgIpc) is 2.08. The summed E-state index contributed by atoms with van der Waals surface area (Å²) in [5.74, 6) is 0. The third kappa shape index (κ3) is 5.37. The molecule has 0 aliphatic rings. The number of rotatable bonds is 1. The fourth-order valence-electron chi connectivity index (χ4n) is 0.589. The lowest BCUT2D eigenvalue weighted by atomic mass is 10.2. The molecule has 60 valence electrons. The van der Waals surface area contributed by atoms with Crippen molar-refractivity contribution in [2.75, 3.05) is 14.1 Å². The Balaban J connectivity index is 0.000000292. The minimum atomic E-state index is 1.17. The minimum Gasteiger partial charge on any atom is -0.323 e. The second kappa shape index (κ2) is 7.03. The Morgan fingerprint density at radius 3 is 1.91 bits per heavy atom. The fourth-order valence-corrected chi connectivity index (χ4v) is 0.589. The van der Waals surface area contributed by atoms with Gasteiger partial charge in [0.05, 0.1) is 0 Å². The van der Waals surface area contributed by atoms with E-state index < -0.39 is 0 Å². The van der Waals surface area contributed by atoms with Gasteiger partial charge < -0.3 is 5.32 Å². The van der Waals surface area contributed by atoms with E-state index in [9.17, 15) is 0 Å². The Kier molecular flexibility index (Phi) is 6.34. The molecule has 0 saturated carbocycles. The summed E-state index contributed by atoms with van der Waals surface area (Å²) in [7, 11) is 3.75. The molecule has 0 atom stereocenters. The molecule has 0 bridgehead atoms. The molecule has 0 fully saturated rings. The van der Waals surface area contributed by atoms with E-state index in [2.05, 4.69) is 11.9 Å². The van der Waals surface area contributed by atoms with Crippen molar-refractivity contribution in [3.05, 3.63) is 42.5 Å². The molecule has 1 aromatic rings. The first-order valence-electron chi connectivity index (χ1n) is 3.61. The largest absolute Gasteiger partial charge is 0.323 e. The van der Waals surface area contributed by atoms with Gasteiger partial charge in [-0.1, -0.05) is 43.0 Å². The van der Waals surface area contributed by atoms with Gasteiger partial charge in [-0.25, -0.2) is 0 Å². The highest BCUT2D eigenvalue weighted by molar-refractivity contribution is 5.45. The maximum atomic E-state index is 3.63. The Morgan fingerprint density at radius 1 is 1.18 bits per heavy atom. The Bertz CT molecular complexity index is 179. The van der Waals surface area contributed by atoms with Crippen molar-refractivity contribution in [3.63, 3.8) is 0 Å². The summed E-state index contributed by atoms with van der Waals surface area (Å²) in [6.45, 7) is 3.63. The highest BCUT2D eigenvalue weighted by Gasteiger charge is 1.75. The van der Waals surface area contributed by atoms with Gasteiger partial charge in [0.25, 0.3) is 0 Å². The van der Waals surface area contributed by atoms with Crippen molar-refractivity contribution < 1.29 is 0 Å². The van der Waals surface area contributed by atoms with Gasteiger partial charge in [0.1, 0.15) is 0 Å². The van der Waals surface area contributed by atoms with Gasteiger partial charge in [0, 0.05) is 0 Å². The van der Waals surface area contributed by atoms with Crippen LogP contribution in [0, 0.1) is 0 Å². The first-order chi connectivity index (χ1) is 5.35. The second-order valence-electron chi connectivity index (χ2n) is 2.11. The molecule has 0 saturated heterocycles. The average molecular weight is 149 g/mol. The zero-order valence-electron chi connectivity index (χ0n) is 7.17. The zero-order chi connectivity index (χ0) is 8.53. The van der Waals surface area contributed by atoms with Crippen molar-refractivity contribution in [1.82, 2.24) is 5.32 Å². The van der Waals surface area contributed by atoms with E-state index >= 15 is 0 Å². The monoisotopic (exact) mass is 149 g/mol. The van der Waals surface area contributed by atoms with Gasteiger partial charge >= 0.3 is 0 Å². The fraction of sp³-hybridized carbons (Fsp3) is 0.200. The SMILES string of the molecule is C=Cc1ccccc1.CNC. The molecule has 0 unspecified atom stereocenters. The Labute approximate surface area is 68.8 Å². The highest BCUT2D eigenvalue weighted by atomic mass is 14.7. The van der Waals surface area contributed by atoms with Crippen LogP contribution in [0.25, 0.3) is 6.08 Å². The molecule has 0 spiro atoms. The molecule has 1 nitrogen and oxygen atoms in total. The lowest BCUT2D eigenvalue weighted by Crippen LogP contribution is -1.89. The van der Waals surface area contributed by atoms with Crippen LogP contribution < -0.4 is 5.32 Å². The standard InChI is InChI=1S/C8H8.C2H7N/c1-2-8-6-4-3-5-7-8;1-3-2/h2-7H,1H2;3H,1-2H3. The van der Waals surface area contributed by atoms with Crippen molar-refractivity contribution in [1.29, 1.82) is 0 Å². The van der Waals surface area contributed by atoms with Crippen LogP contribution in [0.3, 0.4) is 0 Å². The number of hydrogen-bond acceptors (Lipinski definition) is 1. The van der Waals surface area contributed by atoms with Crippen LogP contribution in [-0.4, -0.2) is 14.1 Å². The van der Waals surface area contributed by atoms with Crippen molar-refractivity contribution in [2.24, 2.45) is 0 Å². The van der Waals surface area contributed by atoms with Crippen molar-refractivity contribution >= 4 is 6.08 Å². The molecule has 11 heavy (non-hydrogen) atoms. The van der Waals surface area contributed by atoms with E-state index in [-0.39, 0.29) is 0 Å². The maximum absolute atomic E-state index is 3.63. The van der Waals surface area contributed by atoms with E-state index in [1.807, 2.05) is 50.5 Å². The van der Waals surface area contributed by atoms with Gasteiger partial charge in [-0.2, -0.15) is 0 Å². The summed E-state index contributed by atoms with van der Waals surface area (Å²) in [4.78, 5) is 0. The van der Waals surface area contributed by atoms with E-state index in [0.717, 1.165) is 0 Å². The predicted octanol–water partition coefficient (Wildman–Crippen LogP) is 2.17. The van der Waals surface area contributed by atoms with Gasteiger partial charge in [0.2, 0.25) is 0 Å². The molecule has 0 radical (unpaired) electrons. The van der Waals surface area contributed by atoms with Gasteiger partial charge in [0.15, 0.2) is 0 Å². The molecule has 0 aliphatic heterocycles. The number of benzene rings is 1. The summed E-state index contributed by atoms with van der Waals surface area (Å²) in [5, 5.41) is 2.75. The summed E-state index contributed by atoms with van der Waals surface area (Å²) >= 11 is 0. The quantitative estimate of drug-likeness (QED) is 0.645. The van der Waals surface area contributed by atoms with E-state index in [1.54, 1.807) is 0 Å². The maximum Gasteiger partial charge on any atom is -0.0167 e. The van der Waals surface area contributed by atoms with Gasteiger partial charge in [-0.15, -0.1) is 0 Å². The first-order valence-corrected chi connectivity index (χ1v) is 3.61. The molecular weight excluding hydrogens is 134 g/mol. The lowest BCUT2D eigenvalue weighted by Gasteiger charge is -1.85. The van der Waals surface area contributed by atoms with Crippen LogP contribution in [0.1, 0.15) is 5.56 Å².